The van der Waals surface area contributed by atoms with Crippen LogP contribution in [0.25, 0.3) is 0 Å². The number of piperidine rings is 1. The van der Waals surface area contributed by atoms with E-state index in [-0.39, 0.29) is 17.7 Å². The summed E-state index contributed by atoms with van der Waals surface area (Å²) in [6.45, 7) is 4.29. The van der Waals surface area contributed by atoms with Crippen LogP contribution in [0.5, 0.6) is 0 Å². The Labute approximate surface area is 168 Å². The zero-order valence-electron chi connectivity index (χ0n) is 16.1. The van der Waals surface area contributed by atoms with Crippen molar-refractivity contribution in [3.05, 3.63) is 29.8 Å². The molecule has 2 fully saturated rings. The number of para-hydroxylation sites is 1. The summed E-state index contributed by atoms with van der Waals surface area (Å²) < 4.78 is 0. The molecule has 4 rings (SSSR count). The van der Waals surface area contributed by atoms with Gasteiger partial charge in [-0.3, -0.25) is 14.5 Å². The fourth-order valence-electron chi connectivity index (χ4n) is 3.85. The van der Waals surface area contributed by atoms with E-state index in [1.165, 1.54) is 11.3 Å². The molecular formula is C20H25N5O2S. The fourth-order valence-corrected chi connectivity index (χ4v) is 4.77. The van der Waals surface area contributed by atoms with Crippen LogP contribution in [-0.4, -0.2) is 41.6 Å². The quantitative estimate of drug-likeness (QED) is 0.836. The Bertz CT molecular complexity index is 868. The highest BCUT2D eigenvalue weighted by Gasteiger charge is 2.30. The molecule has 28 heavy (non-hydrogen) atoms. The molecule has 0 spiro atoms. The maximum absolute atomic E-state index is 12.8. The van der Waals surface area contributed by atoms with Gasteiger partial charge in [-0.2, -0.15) is 0 Å². The molecule has 1 atom stereocenters. The summed E-state index contributed by atoms with van der Waals surface area (Å²) in [5, 5.41) is 13.1. The first-order valence-corrected chi connectivity index (χ1v) is 10.7. The number of nitrogens with one attached hydrogen (secondary N) is 1. The molecule has 148 valence electrons. The number of anilines is 3. The molecule has 2 aliphatic heterocycles. The maximum atomic E-state index is 12.8. The Kier molecular flexibility index (Phi) is 5.57. The first-order chi connectivity index (χ1) is 13.7. The Morgan fingerprint density at radius 1 is 1.21 bits per heavy atom. The molecule has 1 N–H and O–H groups in total. The summed E-state index contributed by atoms with van der Waals surface area (Å²) in [6.07, 6.45) is 4.15. The van der Waals surface area contributed by atoms with Crippen molar-refractivity contribution in [1.82, 2.24) is 10.2 Å². The number of hydrogen-bond donors (Lipinski definition) is 1. The minimum atomic E-state index is -0.0839. The average Bonchev–Trinajstić information content (AvgIpc) is 3.37. The lowest BCUT2D eigenvalue weighted by Gasteiger charge is -2.31. The van der Waals surface area contributed by atoms with Crippen LogP contribution in [0.4, 0.5) is 16.0 Å². The van der Waals surface area contributed by atoms with Gasteiger partial charge in [0, 0.05) is 31.7 Å². The van der Waals surface area contributed by atoms with E-state index in [1.54, 1.807) is 4.90 Å². The van der Waals surface area contributed by atoms with Crippen LogP contribution < -0.4 is 15.1 Å². The maximum Gasteiger partial charge on any atom is 0.229 e. The number of carbonyl (C=O) groups excluding carboxylic acids is 2. The summed E-state index contributed by atoms with van der Waals surface area (Å²) in [6, 6.07) is 7.95. The Morgan fingerprint density at radius 2 is 2.04 bits per heavy atom. The zero-order valence-corrected chi connectivity index (χ0v) is 16.9. The lowest BCUT2D eigenvalue weighted by Crippen LogP contribution is -2.40. The molecule has 8 heteroatoms. The van der Waals surface area contributed by atoms with E-state index in [0.717, 1.165) is 55.2 Å². The normalized spacial score (nSPS) is 19.9. The Hall–Kier alpha value is -2.48. The van der Waals surface area contributed by atoms with Crippen molar-refractivity contribution in [2.75, 3.05) is 34.8 Å². The van der Waals surface area contributed by atoms with Crippen molar-refractivity contribution in [3.8, 4) is 0 Å². The van der Waals surface area contributed by atoms with Gasteiger partial charge in [0.2, 0.25) is 22.1 Å². The van der Waals surface area contributed by atoms with Crippen molar-refractivity contribution in [2.45, 2.75) is 39.0 Å². The molecule has 0 saturated carbocycles. The molecule has 0 bridgehead atoms. The van der Waals surface area contributed by atoms with Crippen molar-refractivity contribution in [3.63, 3.8) is 0 Å². The summed E-state index contributed by atoms with van der Waals surface area (Å²) in [5.41, 5.74) is 2.05. The number of hydrogen-bond acceptors (Lipinski definition) is 6. The molecule has 0 aliphatic carbocycles. The SMILES string of the molecule is CCc1ccccc1NC(=O)[C@@H]1CCCN(c2nnc(N3CCCC3=O)s2)C1. The molecule has 3 heterocycles. The molecule has 2 aliphatic rings. The molecule has 7 nitrogen and oxygen atoms in total. The third-order valence-corrected chi connectivity index (χ3v) is 6.43. The van der Waals surface area contributed by atoms with E-state index in [0.29, 0.717) is 18.1 Å². The number of aromatic nitrogens is 2. The summed E-state index contributed by atoms with van der Waals surface area (Å²) in [7, 11) is 0. The van der Waals surface area contributed by atoms with Gasteiger partial charge in [0.15, 0.2) is 0 Å². The predicted octanol–water partition coefficient (Wildman–Crippen LogP) is 3.08. The topological polar surface area (TPSA) is 78.4 Å². The first-order valence-electron chi connectivity index (χ1n) is 9.93. The molecule has 1 aromatic heterocycles. The highest BCUT2D eigenvalue weighted by Crippen LogP contribution is 2.32. The lowest BCUT2D eigenvalue weighted by molar-refractivity contribution is -0.120. The number of benzene rings is 1. The number of aryl methyl sites for hydroxylation is 1. The minimum absolute atomic E-state index is 0.0602. The van der Waals surface area contributed by atoms with Crippen molar-refractivity contribution in [1.29, 1.82) is 0 Å². The van der Waals surface area contributed by atoms with E-state index < -0.39 is 0 Å². The standard InChI is InChI=1S/C20H25N5O2S/c1-2-14-7-3-4-9-16(14)21-18(27)15-8-5-11-24(13-15)19-22-23-20(28-19)25-12-6-10-17(25)26/h3-4,7,9,15H,2,5-6,8,10-13H2,1H3,(H,21,27)/t15-/m1/s1. The second kappa shape index (κ2) is 8.26. The van der Waals surface area contributed by atoms with Crippen LogP contribution in [0.1, 0.15) is 38.2 Å². The number of amides is 2. The van der Waals surface area contributed by atoms with Crippen LogP contribution in [0.2, 0.25) is 0 Å². The predicted molar refractivity (Wildman–Crippen MR) is 111 cm³/mol. The van der Waals surface area contributed by atoms with Gasteiger partial charge in [-0.1, -0.05) is 36.5 Å². The highest BCUT2D eigenvalue weighted by molar-refractivity contribution is 7.19. The Balaban J connectivity index is 1.42. The van der Waals surface area contributed by atoms with Crippen LogP contribution in [0.15, 0.2) is 24.3 Å². The second-order valence-corrected chi connectivity index (χ2v) is 8.24. The average molecular weight is 400 g/mol. The largest absolute Gasteiger partial charge is 0.346 e. The van der Waals surface area contributed by atoms with Crippen molar-refractivity contribution in [2.24, 2.45) is 5.92 Å². The molecule has 0 unspecified atom stereocenters. The van der Waals surface area contributed by atoms with Gasteiger partial charge in [0.25, 0.3) is 0 Å². The van der Waals surface area contributed by atoms with Crippen LogP contribution >= 0.6 is 11.3 Å². The smallest absolute Gasteiger partial charge is 0.229 e. The molecule has 2 amide bonds. The lowest BCUT2D eigenvalue weighted by atomic mass is 9.97. The van der Waals surface area contributed by atoms with E-state index >= 15 is 0 Å². The van der Waals surface area contributed by atoms with E-state index in [9.17, 15) is 9.59 Å². The number of carbonyl (C=O) groups is 2. The van der Waals surface area contributed by atoms with Gasteiger partial charge in [-0.15, -0.1) is 10.2 Å². The van der Waals surface area contributed by atoms with Gasteiger partial charge >= 0.3 is 0 Å². The fraction of sp³-hybridized carbons (Fsp3) is 0.500. The van der Waals surface area contributed by atoms with Gasteiger partial charge in [-0.25, -0.2) is 0 Å². The number of rotatable bonds is 5. The third-order valence-electron chi connectivity index (χ3n) is 5.43. The summed E-state index contributed by atoms with van der Waals surface area (Å²) >= 11 is 1.44. The molecular weight excluding hydrogens is 374 g/mol. The molecule has 2 aromatic rings. The van der Waals surface area contributed by atoms with Crippen LogP contribution in [0, 0.1) is 5.92 Å². The molecule has 1 aromatic carbocycles. The van der Waals surface area contributed by atoms with E-state index in [4.69, 9.17) is 0 Å². The number of nitrogens with zero attached hydrogens (tertiary/aromatic N) is 4. The van der Waals surface area contributed by atoms with Crippen LogP contribution in [0.3, 0.4) is 0 Å². The molecule has 0 radical (unpaired) electrons. The van der Waals surface area contributed by atoms with Crippen molar-refractivity contribution < 1.29 is 9.59 Å². The van der Waals surface area contributed by atoms with Gasteiger partial charge < -0.3 is 10.2 Å². The second-order valence-electron chi connectivity index (χ2n) is 7.30. The molecule has 2 saturated heterocycles. The van der Waals surface area contributed by atoms with Crippen molar-refractivity contribution >= 4 is 39.1 Å². The van der Waals surface area contributed by atoms with Gasteiger partial charge in [0.1, 0.15) is 0 Å². The summed E-state index contributed by atoms with van der Waals surface area (Å²) in [5.74, 6) is 0.0951. The minimum Gasteiger partial charge on any atom is -0.346 e. The van der Waals surface area contributed by atoms with Crippen LogP contribution in [-0.2, 0) is 16.0 Å². The Morgan fingerprint density at radius 3 is 2.82 bits per heavy atom. The third kappa shape index (κ3) is 3.87. The first kappa shape index (κ1) is 18.9. The van der Waals surface area contributed by atoms with E-state index in [2.05, 4.69) is 27.3 Å². The zero-order chi connectivity index (χ0) is 19.5. The van der Waals surface area contributed by atoms with E-state index in [1.807, 2.05) is 24.3 Å². The monoisotopic (exact) mass is 399 g/mol. The van der Waals surface area contributed by atoms with Gasteiger partial charge in [-0.05, 0) is 37.3 Å². The van der Waals surface area contributed by atoms with Gasteiger partial charge in [0.05, 0.1) is 5.92 Å². The summed E-state index contributed by atoms with van der Waals surface area (Å²) in [4.78, 5) is 28.6. The highest BCUT2D eigenvalue weighted by atomic mass is 32.1.